The summed E-state index contributed by atoms with van der Waals surface area (Å²) in [5.41, 5.74) is 10.3. The van der Waals surface area contributed by atoms with Crippen LogP contribution in [-0.2, 0) is 6.42 Å². The highest BCUT2D eigenvalue weighted by Gasteiger charge is 2.24. The zero-order chi connectivity index (χ0) is 22.6. The molecule has 0 spiro atoms. The van der Waals surface area contributed by atoms with Gasteiger partial charge in [-0.1, -0.05) is 43.3 Å². The third-order valence-electron chi connectivity index (χ3n) is 4.64. The van der Waals surface area contributed by atoms with Gasteiger partial charge >= 0.3 is 0 Å². The minimum absolute atomic E-state index is 0.111. The Bertz CT molecular complexity index is 1060. The lowest BCUT2D eigenvalue weighted by atomic mass is 9.95. The third-order valence-corrected chi connectivity index (χ3v) is 4.64. The first kappa shape index (κ1) is 23.1. The van der Waals surface area contributed by atoms with Gasteiger partial charge in [0.05, 0.1) is 0 Å². The Morgan fingerprint density at radius 2 is 1.27 bits per heavy atom. The van der Waals surface area contributed by atoms with Gasteiger partial charge in [-0.2, -0.15) is 0 Å². The molecular formula is C23H21F5N2. The molecular weight excluding hydrogens is 399 g/mol. The van der Waals surface area contributed by atoms with Crippen LogP contribution in [0.1, 0.15) is 29.2 Å². The maximum atomic E-state index is 12.7. The van der Waals surface area contributed by atoms with E-state index in [1.54, 1.807) is 0 Å². The lowest BCUT2D eigenvalue weighted by Crippen LogP contribution is -2.11. The van der Waals surface area contributed by atoms with Gasteiger partial charge in [0.2, 0.25) is 5.82 Å². The Morgan fingerprint density at radius 3 is 1.77 bits per heavy atom. The van der Waals surface area contributed by atoms with E-state index in [9.17, 15) is 22.0 Å². The first-order valence-corrected chi connectivity index (χ1v) is 9.11. The van der Waals surface area contributed by atoms with Gasteiger partial charge < -0.3 is 5.73 Å². The standard InChI is InChI=1S/C15H16N2.C8H5F5/c1-10-5-3-4-6-13(10)14-9-12(15(16)17)8-7-11(14)2;1-2-3-4(9)6(11)8(13)7(12)5(3)10/h3-9H,1-2H3,(H3,16,17);2H2,1H3. The molecule has 0 aromatic heterocycles. The number of hydrogen-bond donors (Lipinski definition) is 2. The van der Waals surface area contributed by atoms with E-state index in [0.717, 1.165) is 11.1 Å². The van der Waals surface area contributed by atoms with E-state index in [-0.39, 0.29) is 12.3 Å². The van der Waals surface area contributed by atoms with E-state index in [2.05, 4.69) is 26.0 Å². The molecule has 158 valence electrons. The fraction of sp³-hybridized carbons (Fsp3) is 0.174. The molecule has 0 fully saturated rings. The van der Waals surface area contributed by atoms with Crippen molar-refractivity contribution in [3.05, 3.63) is 93.8 Å². The molecule has 7 heteroatoms. The second-order valence-electron chi connectivity index (χ2n) is 6.66. The predicted octanol–water partition coefficient (Wildman–Crippen LogP) is 6.20. The molecule has 2 nitrogen and oxygen atoms in total. The van der Waals surface area contributed by atoms with Gasteiger partial charge in [-0.25, -0.2) is 22.0 Å². The van der Waals surface area contributed by atoms with Crippen molar-refractivity contribution in [3.63, 3.8) is 0 Å². The molecule has 0 saturated carbocycles. The second kappa shape index (κ2) is 9.52. The summed E-state index contributed by atoms with van der Waals surface area (Å²) in [5.74, 6) is -9.30. The summed E-state index contributed by atoms with van der Waals surface area (Å²) >= 11 is 0. The van der Waals surface area contributed by atoms with Crippen LogP contribution in [0, 0.1) is 48.3 Å². The van der Waals surface area contributed by atoms with Gasteiger partial charge in [0.25, 0.3) is 0 Å². The van der Waals surface area contributed by atoms with Crippen LogP contribution in [0.2, 0.25) is 0 Å². The van der Waals surface area contributed by atoms with E-state index in [1.165, 1.54) is 23.6 Å². The smallest absolute Gasteiger partial charge is 0.200 e. The van der Waals surface area contributed by atoms with Crippen LogP contribution in [0.4, 0.5) is 22.0 Å². The Balaban J connectivity index is 0.000000222. The molecule has 0 bridgehead atoms. The van der Waals surface area contributed by atoms with Crippen molar-refractivity contribution in [1.82, 2.24) is 0 Å². The number of aryl methyl sites for hydroxylation is 2. The van der Waals surface area contributed by atoms with Crippen LogP contribution < -0.4 is 5.73 Å². The Hall–Kier alpha value is -3.22. The summed E-state index contributed by atoms with van der Waals surface area (Å²) in [6, 6.07) is 14.1. The van der Waals surface area contributed by atoms with Gasteiger partial charge in [-0.3, -0.25) is 5.41 Å². The Morgan fingerprint density at radius 1 is 0.767 bits per heavy atom. The molecule has 3 rings (SSSR count). The molecule has 3 aromatic carbocycles. The SMILES string of the molecule is CCc1c(F)c(F)c(F)c(F)c1F.Cc1ccccc1-c1cc(C(=N)N)ccc1C. The lowest BCUT2D eigenvalue weighted by Gasteiger charge is -2.11. The molecule has 0 amide bonds. The number of rotatable bonds is 3. The highest BCUT2D eigenvalue weighted by Crippen LogP contribution is 2.27. The van der Waals surface area contributed by atoms with E-state index in [4.69, 9.17) is 11.1 Å². The minimum Gasteiger partial charge on any atom is -0.384 e. The minimum atomic E-state index is -2.12. The van der Waals surface area contributed by atoms with E-state index < -0.39 is 34.6 Å². The van der Waals surface area contributed by atoms with Crippen molar-refractivity contribution in [2.45, 2.75) is 27.2 Å². The number of hydrogen-bond acceptors (Lipinski definition) is 1. The summed E-state index contributed by atoms with van der Waals surface area (Å²) < 4.78 is 62.6. The molecule has 0 aliphatic heterocycles. The summed E-state index contributed by atoms with van der Waals surface area (Å²) in [4.78, 5) is 0. The molecule has 0 aliphatic carbocycles. The maximum absolute atomic E-state index is 12.7. The number of benzene rings is 3. The molecule has 0 saturated heterocycles. The van der Waals surface area contributed by atoms with Crippen molar-refractivity contribution < 1.29 is 22.0 Å². The van der Waals surface area contributed by atoms with Gasteiger partial charge in [-0.15, -0.1) is 0 Å². The van der Waals surface area contributed by atoms with Crippen LogP contribution in [0.15, 0.2) is 42.5 Å². The van der Waals surface area contributed by atoms with Gasteiger partial charge in [-0.05, 0) is 48.6 Å². The first-order chi connectivity index (χ1) is 14.1. The Kier molecular flexibility index (Phi) is 7.32. The number of halogens is 5. The van der Waals surface area contributed by atoms with Crippen LogP contribution in [0.5, 0.6) is 0 Å². The number of nitrogen functional groups attached to an aromatic ring is 1. The number of nitrogens with one attached hydrogen (secondary N) is 1. The average Bonchev–Trinajstić information content (AvgIpc) is 2.72. The Labute approximate surface area is 171 Å². The first-order valence-electron chi connectivity index (χ1n) is 9.11. The van der Waals surface area contributed by atoms with Gasteiger partial charge in [0, 0.05) is 11.1 Å². The number of nitrogens with two attached hydrogens (primary N) is 1. The highest BCUT2D eigenvalue weighted by molar-refractivity contribution is 5.96. The summed E-state index contributed by atoms with van der Waals surface area (Å²) in [5, 5.41) is 7.50. The monoisotopic (exact) mass is 420 g/mol. The summed E-state index contributed by atoms with van der Waals surface area (Å²) in [6.07, 6.45) is -0.244. The van der Waals surface area contributed by atoms with E-state index in [0.29, 0.717) is 0 Å². The van der Waals surface area contributed by atoms with Crippen molar-refractivity contribution in [3.8, 4) is 11.1 Å². The average molecular weight is 420 g/mol. The normalized spacial score (nSPS) is 10.4. The summed E-state index contributed by atoms with van der Waals surface area (Å²) in [7, 11) is 0. The van der Waals surface area contributed by atoms with Crippen LogP contribution >= 0.6 is 0 Å². The zero-order valence-electron chi connectivity index (χ0n) is 16.7. The van der Waals surface area contributed by atoms with Gasteiger partial charge in [0.1, 0.15) is 5.84 Å². The predicted molar refractivity (Wildman–Crippen MR) is 108 cm³/mol. The van der Waals surface area contributed by atoms with E-state index in [1.807, 2.05) is 30.3 Å². The third kappa shape index (κ3) is 4.67. The van der Waals surface area contributed by atoms with Crippen molar-refractivity contribution in [1.29, 1.82) is 5.41 Å². The maximum Gasteiger partial charge on any atom is 0.200 e. The molecule has 0 radical (unpaired) electrons. The molecule has 3 aromatic rings. The van der Waals surface area contributed by atoms with Gasteiger partial charge in [0.15, 0.2) is 23.3 Å². The van der Waals surface area contributed by atoms with Crippen molar-refractivity contribution in [2.24, 2.45) is 5.73 Å². The fourth-order valence-electron chi connectivity index (χ4n) is 2.92. The van der Waals surface area contributed by atoms with Crippen LogP contribution in [0.3, 0.4) is 0 Å². The molecule has 30 heavy (non-hydrogen) atoms. The lowest BCUT2D eigenvalue weighted by molar-refractivity contribution is 0.370. The zero-order valence-corrected chi connectivity index (χ0v) is 16.7. The van der Waals surface area contributed by atoms with Crippen molar-refractivity contribution >= 4 is 5.84 Å². The van der Waals surface area contributed by atoms with Crippen LogP contribution in [0.25, 0.3) is 11.1 Å². The molecule has 0 aliphatic rings. The second-order valence-corrected chi connectivity index (χ2v) is 6.66. The van der Waals surface area contributed by atoms with E-state index >= 15 is 0 Å². The molecule has 3 N–H and O–H groups in total. The largest absolute Gasteiger partial charge is 0.384 e. The molecule has 0 heterocycles. The topological polar surface area (TPSA) is 49.9 Å². The highest BCUT2D eigenvalue weighted by atomic mass is 19.2. The molecule has 0 unspecified atom stereocenters. The quantitative estimate of drug-likeness (QED) is 0.171. The van der Waals surface area contributed by atoms with Crippen LogP contribution in [-0.4, -0.2) is 5.84 Å². The summed E-state index contributed by atoms with van der Waals surface area (Å²) in [6.45, 7) is 5.47. The van der Waals surface area contributed by atoms with Crippen molar-refractivity contribution in [2.75, 3.05) is 0 Å². The fourth-order valence-corrected chi connectivity index (χ4v) is 2.92. The number of amidine groups is 1. The molecule has 0 atom stereocenters.